The van der Waals surface area contributed by atoms with Crippen LogP contribution in [0.25, 0.3) is 11.3 Å². The van der Waals surface area contributed by atoms with Gasteiger partial charge in [-0.15, -0.1) is 0 Å². The van der Waals surface area contributed by atoms with Gasteiger partial charge in [0.2, 0.25) is 0 Å². The molecule has 0 bridgehead atoms. The van der Waals surface area contributed by atoms with Crippen LogP contribution in [-0.2, 0) is 9.53 Å². The molecule has 2 aromatic rings. The first kappa shape index (κ1) is 12.8. The lowest BCUT2D eigenvalue weighted by Crippen LogP contribution is -2.45. The maximum absolute atomic E-state index is 12.0. The van der Waals surface area contributed by atoms with Gasteiger partial charge in [-0.1, -0.05) is 12.1 Å². The summed E-state index contributed by atoms with van der Waals surface area (Å²) in [4.78, 5) is 12.0. The molecule has 1 atom stereocenters. The standard InChI is InChI=1S/C14H16N4O2/c19-14(13-9-15-7-8-20-13)17-11-3-1-10(2-4-11)12-5-6-16-18-12/h1-6,13,15H,7-9H2,(H,16,18)(H,17,19). The maximum Gasteiger partial charge on any atom is 0.254 e. The fourth-order valence-electron chi connectivity index (χ4n) is 2.11. The van der Waals surface area contributed by atoms with Crippen molar-refractivity contribution in [3.63, 3.8) is 0 Å². The highest BCUT2D eigenvalue weighted by Gasteiger charge is 2.21. The molecule has 2 heterocycles. The van der Waals surface area contributed by atoms with Crippen molar-refractivity contribution in [3.05, 3.63) is 36.5 Å². The molecule has 1 aliphatic heterocycles. The number of aromatic amines is 1. The molecule has 6 heteroatoms. The highest BCUT2D eigenvalue weighted by Crippen LogP contribution is 2.19. The third-order valence-corrected chi connectivity index (χ3v) is 3.18. The molecule has 1 aliphatic rings. The minimum Gasteiger partial charge on any atom is -0.366 e. The van der Waals surface area contributed by atoms with Crippen LogP contribution in [0.3, 0.4) is 0 Å². The molecule has 1 unspecified atom stereocenters. The van der Waals surface area contributed by atoms with Crippen LogP contribution < -0.4 is 10.6 Å². The third-order valence-electron chi connectivity index (χ3n) is 3.18. The summed E-state index contributed by atoms with van der Waals surface area (Å²) in [5.41, 5.74) is 2.73. The van der Waals surface area contributed by atoms with Gasteiger partial charge in [0.15, 0.2) is 0 Å². The maximum atomic E-state index is 12.0. The minimum atomic E-state index is -0.420. The number of morpholine rings is 1. The van der Waals surface area contributed by atoms with Crippen LogP contribution >= 0.6 is 0 Å². The van der Waals surface area contributed by atoms with Gasteiger partial charge in [-0.05, 0) is 23.8 Å². The van der Waals surface area contributed by atoms with E-state index < -0.39 is 6.10 Å². The van der Waals surface area contributed by atoms with Gasteiger partial charge < -0.3 is 15.4 Å². The number of carbonyl (C=O) groups excluding carboxylic acids is 1. The van der Waals surface area contributed by atoms with Crippen LogP contribution in [-0.4, -0.2) is 41.9 Å². The number of nitrogens with one attached hydrogen (secondary N) is 3. The smallest absolute Gasteiger partial charge is 0.254 e. The van der Waals surface area contributed by atoms with Crippen molar-refractivity contribution < 1.29 is 9.53 Å². The van der Waals surface area contributed by atoms with Gasteiger partial charge in [0, 0.05) is 25.0 Å². The molecule has 104 valence electrons. The monoisotopic (exact) mass is 272 g/mol. The Balaban J connectivity index is 1.64. The number of benzene rings is 1. The third kappa shape index (κ3) is 2.87. The lowest BCUT2D eigenvalue weighted by Gasteiger charge is -2.22. The van der Waals surface area contributed by atoms with E-state index in [4.69, 9.17) is 4.74 Å². The van der Waals surface area contributed by atoms with E-state index in [0.29, 0.717) is 13.2 Å². The summed E-state index contributed by atoms with van der Waals surface area (Å²) in [5, 5.41) is 12.8. The largest absolute Gasteiger partial charge is 0.366 e. The van der Waals surface area contributed by atoms with Crippen LogP contribution in [0, 0.1) is 0 Å². The Bertz CT molecular complexity index is 559. The first-order chi connectivity index (χ1) is 9.83. The quantitative estimate of drug-likeness (QED) is 0.779. The molecule has 1 fully saturated rings. The van der Waals surface area contributed by atoms with Crippen LogP contribution in [0.4, 0.5) is 5.69 Å². The van der Waals surface area contributed by atoms with Gasteiger partial charge in [0.1, 0.15) is 6.10 Å². The first-order valence-corrected chi connectivity index (χ1v) is 6.56. The van der Waals surface area contributed by atoms with Gasteiger partial charge in [-0.25, -0.2) is 0 Å². The molecule has 1 amide bonds. The van der Waals surface area contributed by atoms with E-state index in [1.807, 2.05) is 30.3 Å². The summed E-state index contributed by atoms with van der Waals surface area (Å²) in [7, 11) is 0. The molecule has 1 saturated heterocycles. The predicted molar refractivity (Wildman–Crippen MR) is 75.3 cm³/mol. The predicted octanol–water partition coefficient (Wildman–Crippen LogP) is 1.00. The molecular weight excluding hydrogens is 256 g/mol. The van der Waals surface area contributed by atoms with Crippen molar-refractivity contribution >= 4 is 11.6 Å². The summed E-state index contributed by atoms with van der Waals surface area (Å²) in [6.07, 6.45) is 1.29. The molecule has 1 aromatic carbocycles. The molecule has 0 radical (unpaired) electrons. The van der Waals surface area contributed by atoms with E-state index in [1.54, 1.807) is 6.20 Å². The van der Waals surface area contributed by atoms with E-state index in [9.17, 15) is 4.79 Å². The number of hydrogen-bond donors (Lipinski definition) is 3. The first-order valence-electron chi connectivity index (χ1n) is 6.56. The number of aromatic nitrogens is 2. The summed E-state index contributed by atoms with van der Waals surface area (Å²) in [5.74, 6) is -0.119. The summed E-state index contributed by atoms with van der Waals surface area (Å²) >= 11 is 0. The highest BCUT2D eigenvalue weighted by molar-refractivity contribution is 5.94. The topological polar surface area (TPSA) is 79.0 Å². The van der Waals surface area contributed by atoms with Crippen molar-refractivity contribution in [2.24, 2.45) is 0 Å². The number of hydrogen-bond acceptors (Lipinski definition) is 4. The van der Waals surface area contributed by atoms with Gasteiger partial charge in [0.25, 0.3) is 5.91 Å². The van der Waals surface area contributed by atoms with E-state index in [-0.39, 0.29) is 5.91 Å². The Hall–Kier alpha value is -2.18. The van der Waals surface area contributed by atoms with Gasteiger partial charge in [-0.2, -0.15) is 5.10 Å². The number of rotatable bonds is 3. The summed E-state index contributed by atoms with van der Waals surface area (Å²) in [6.45, 7) is 1.91. The number of anilines is 1. The number of carbonyl (C=O) groups is 1. The zero-order chi connectivity index (χ0) is 13.8. The van der Waals surface area contributed by atoms with Crippen molar-refractivity contribution in [3.8, 4) is 11.3 Å². The fraction of sp³-hybridized carbons (Fsp3) is 0.286. The van der Waals surface area contributed by atoms with Crippen molar-refractivity contribution in [1.82, 2.24) is 15.5 Å². The Morgan fingerprint density at radius 3 is 2.80 bits per heavy atom. The van der Waals surface area contributed by atoms with Crippen molar-refractivity contribution in [1.29, 1.82) is 0 Å². The van der Waals surface area contributed by atoms with Crippen molar-refractivity contribution in [2.75, 3.05) is 25.0 Å². The molecule has 0 spiro atoms. The lowest BCUT2D eigenvalue weighted by molar-refractivity contribution is -0.128. The average molecular weight is 272 g/mol. The minimum absolute atomic E-state index is 0.119. The number of H-pyrrole nitrogens is 1. The van der Waals surface area contributed by atoms with Gasteiger partial charge in [-0.3, -0.25) is 9.89 Å². The van der Waals surface area contributed by atoms with Gasteiger partial charge >= 0.3 is 0 Å². The normalized spacial score (nSPS) is 18.7. The molecular formula is C14H16N4O2. The van der Waals surface area contributed by atoms with E-state index in [2.05, 4.69) is 20.8 Å². The zero-order valence-corrected chi connectivity index (χ0v) is 10.9. The summed E-state index contributed by atoms with van der Waals surface area (Å²) in [6, 6.07) is 9.50. The summed E-state index contributed by atoms with van der Waals surface area (Å²) < 4.78 is 5.41. The highest BCUT2D eigenvalue weighted by atomic mass is 16.5. The van der Waals surface area contributed by atoms with Crippen molar-refractivity contribution in [2.45, 2.75) is 6.10 Å². The molecule has 3 rings (SSSR count). The zero-order valence-electron chi connectivity index (χ0n) is 10.9. The second-order valence-electron chi connectivity index (χ2n) is 4.60. The Morgan fingerprint density at radius 1 is 1.30 bits per heavy atom. The van der Waals surface area contributed by atoms with Crippen LogP contribution in [0.2, 0.25) is 0 Å². The van der Waals surface area contributed by atoms with E-state index in [0.717, 1.165) is 23.5 Å². The second kappa shape index (κ2) is 5.85. The Labute approximate surface area is 116 Å². The van der Waals surface area contributed by atoms with E-state index in [1.165, 1.54) is 0 Å². The molecule has 6 nitrogen and oxygen atoms in total. The van der Waals surface area contributed by atoms with Gasteiger partial charge in [0.05, 0.1) is 12.3 Å². The van der Waals surface area contributed by atoms with E-state index >= 15 is 0 Å². The number of ether oxygens (including phenoxy) is 1. The molecule has 0 saturated carbocycles. The molecule has 20 heavy (non-hydrogen) atoms. The fourth-order valence-corrected chi connectivity index (χ4v) is 2.11. The Kier molecular flexibility index (Phi) is 3.76. The van der Waals surface area contributed by atoms with Crippen LogP contribution in [0.15, 0.2) is 36.5 Å². The number of nitrogens with zero attached hydrogens (tertiary/aromatic N) is 1. The molecule has 3 N–H and O–H groups in total. The molecule has 1 aromatic heterocycles. The number of amides is 1. The van der Waals surface area contributed by atoms with Crippen LogP contribution in [0.1, 0.15) is 0 Å². The lowest BCUT2D eigenvalue weighted by atomic mass is 10.1. The molecule has 0 aliphatic carbocycles. The van der Waals surface area contributed by atoms with Crippen LogP contribution in [0.5, 0.6) is 0 Å². The SMILES string of the molecule is O=C(Nc1ccc(-c2ccn[nH]2)cc1)C1CNCCO1. The Morgan fingerprint density at radius 2 is 2.15 bits per heavy atom. The average Bonchev–Trinajstić information content (AvgIpc) is 3.03. The second-order valence-corrected chi connectivity index (χ2v) is 4.60.